The number of halogens is 2. The van der Waals surface area contributed by atoms with Gasteiger partial charge >= 0.3 is 0 Å². The van der Waals surface area contributed by atoms with Crippen molar-refractivity contribution in [3.05, 3.63) is 95.3 Å². The van der Waals surface area contributed by atoms with Crippen LogP contribution in [0.25, 0.3) is 5.76 Å². The number of Topliss-reactive ketones (excluding diaryl/α,β-unsaturated/α-hetero) is 1. The molecule has 0 saturated carbocycles. The Kier molecular flexibility index (Phi) is 5.21. The summed E-state index contributed by atoms with van der Waals surface area (Å²) >= 11 is 0. The Morgan fingerprint density at radius 1 is 1.03 bits per heavy atom. The van der Waals surface area contributed by atoms with Crippen LogP contribution in [0.4, 0.5) is 14.5 Å². The second-order valence-corrected chi connectivity index (χ2v) is 6.75. The molecule has 1 unspecified atom stereocenters. The first kappa shape index (κ1) is 20.2. The molecule has 0 bridgehead atoms. The Labute approximate surface area is 176 Å². The molecule has 1 aromatic heterocycles. The largest absolute Gasteiger partial charge is 0.507 e. The van der Waals surface area contributed by atoms with E-state index in [1.807, 2.05) is 0 Å². The van der Waals surface area contributed by atoms with Gasteiger partial charge < -0.3 is 9.84 Å². The molecule has 0 radical (unpaired) electrons. The van der Waals surface area contributed by atoms with Gasteiger partial charge in [0.25, 0.3) is 11.7 Å². The number of carbonyl (C=O) groups excluding carboxylic acids is 2. The minimum atomic E-state index is -1.17. The summed E-state index contributed by atoms with van der Waals surface area (Å²) in [5, 5.41) is 10.9. The standard InChI is InChI=1S/C23H16F2N2O4/c1-31-15-8-5-13(6-9-15)21(28)19-20(18-4-2-3-11-26-18)27(23(30)22(19)29)14-7-10-16(24)17(25)12-14/h2-12,20,28H,1H3/b21-19+. The molecule has 4 rings (SSSR count). The lowest BCUT2D eigenvalue weighted by atomic mass is 9.98. The van der Waals surface area contributed by atoms with Gasteiger partial charge in [-0.2, -0.15) is 0 Å². The van der Waals surface area contributed by atoms with Crippen LogP contribution in [0.2, 0.25) is 0 Å². The summed E-state index contributed by atoms with van der Waals surface area (Å²) in [5.74, 6) is -4.09. The second-order valence-electron chi connectivity index (χ2n) is 6.75. The quantitative estimate of drug-likeness (QED) is 0.391. The summed E-state index contributed by atoms with van der Waals surface area (Å²) in [6, 6.07) is 12.9. The van der Waals surface area contributed by atoms with Gasteiger partial charge in [0.05, 0.1) is 18.4 Å². The zero-order valence-corrected chi connectivity index (χ0v) is 16.3. The van der Waals surface area contributed by atoms with Gasteiger partial charge in [-0.15, -0.1) is 0 Å². The van der Waals surface area contributed by atoms with Crippen LogP contribution in [-0.4, -0.2) is 28.9 Å². The number of amides is 1. The summed E-state index contributed by atoms with van der Waals surface area (Å²) in [6.07, 6.45) is 1.47. The number of ketones is 1. The minimum Gasteiger partial charge on any atom is -0.507 e. The summed E-state index contributed by atoms with van der Waals surface area (Å²) in [5.41, 5.74) is 0.315. The molecule has 1 fully saturated rings. The number of aromatic nitrogens is 1. The van der Waals surface area contributed by atoms with Crippen LogP contribution >= 0.6 is 0 Å². The van der Waals surface area contributed by atoms with Crippen LogP contribution in [0.1, 0.15) is 17.3 Å². The Balaban J connectivity index is 1.92. The van der Waals surface area contributed by atoms with E-state index in [-0.39, 0.29) is 22.5 Å². The van der Waals surface area contributed by atoms with Crippen molar-refractivity contribution in [3.8, 4) is 5.75 Å². The fourth-order valence-electron chi connectivity index (χ4n) is 3.46. The van der Waals surface area contributed by atoms with E-state index in [1.165, 1.54) is 31.5 Å². The number of hydrogen-bond acceptors (Lipinski definition) is 5. The molecule has 156 valence electrons. The average molecular weight is 422 g/mol. The van der Waals surface area contributed by atoms with E-state index in [2.05, 4.69) is 4.98 Å². The molecule has 6 nitrogen and oxygen atoms in total. The van der Waals surface area contributed by atoms with Crippen LogP contribution < -0.4 is 9.64 Å². The zero-order valence-electron chi connectivity index (χ0n) is 16.3. The first-order valence-corrected chi connectivity index (χ1v) is 9.23. The van der Waals surface area contributed by atoms with E-state index in [9.17, 15) is 23.5 Å². The lowest BCUT2D eigenvalue weighted by Gasteiger charge is -2.24. The fraction of sp³-hybridized carbons (Fsp3) is 0.0870. The third kappa shape index (κ3) is 3.52. The number of pyridine rings is 1. The first-order valence-electron chi connectivity index (χ1n) is 9.23. The molecule has 1 amide bonds. The summed E-state index contributed by atoms with van der Waals surface area (Å²) in [6.45, 7) is 0. The molecular weight excluding hydrogens is 406 g/mol. The van der Waals surface area contributed by atoms with Gasteiger partial charge in [0, 0.05) is 23.5 Å². The molecule has 0 aliphatic carbocycles. The molecule has 8 heteroatoms. The topological polar surface area (TPSA) is 79.7 Å². The number of aliphatic hydroxyl groups is 1. The van der Waals surface area contributed by atoms with Crippen LogP contribution in [-0.2, 0) is 9.59 Å². The van der Waals surface area contributed by atoms with Crippen LogP contribution in [0.3, 0.4) is 0 Å². The molecule has 1 atom stereocenters. The molecule has 31 heavy (non-hydrogen) atoms. The number of nitrogens with zero attached hydrogens (tertiary/aromatic N) is 2. The number of carbonyl (C=O) groups is 2. The van der Waals surface area contributed by atoms with E-state index in [1.54, 1.807) is 30.3 Å². The second kappa shape index (κ2) is 7.98. The number of hydrogen-bond donors (Lipinski definition) is 1. The summed E-state index contributed by atoms with van der Waals surface area (Å²) in [4.78, 5) is 31.1. The van der Waals surface area contributed by atoms with Gasteiger partial charge in [-0.25, -0.2) is 8.78 Å². The zero-order chi connectivity index (χ0) is 22.1. The Morgan fingerprint density at radius 2 is 1.77 bits per heavy atom. The summed E-state index contributed by atoms with van der Waals surface area (Å²) in [7, 11) is 1.49. The van der Waals surface area contributed by atoms with Crippen molar-refractivity contribution in [1.29, 1.82) is 0 Å². The van der Waals surface area contributed by atoms with Gasteiger partial charge in [-0.05, 0) is 48.5 Å². The highest BCUT2D eigenvalue weighted by atomic mass is 19.2. The molecular formula is C23H16F2N2O4. The van der Waals surface area contributed by atoms with E-state index in [0.717, 1.165) is 17.0 Å². The number of rotatable bonds is 4. The lowest BCUT2D eigenvalue weighted by molar-refractivity contribution is -0.132. The lowest BCUT2D eigenvalue weighted by Crippen LogP contribution is -2.30. The third-order valence-electron chi connectivity index (χ3n) is 4.96. The average Bonchev–Trinajstić information content (AvgIpc) is 3.06. The van der Waals surface area contributed by atoms with Crippen molar-refractivity contribution in [2.24, 2.45) is 0 Å². The molecule has 1 saturated heterocycles. The van der Waals surface area contributed by atoms with E-state index >= 15 is 0 Å². The van der Waals surface area contributed by atoms with Crippen molar-refractivity contribution >= 4 is 23.1 Å². The monoisotopic (exact) mass is 422 g/mol. The van der Waals surface area contributed by atoms with Gasteiger partial charge in [0.1, 0.15) is 17.6 Å². The van der Waals surface area contributed by atoms with E-state index in [4.69, 9.17) is 4.74 Å². The number of methoxy groups -OCH3 is 1. The van der Waals surface area contributed by atoms with Gasteiger partial charge in [-0.3, -0.25) is 19.5 Å². The molecule has 0 spiro atoms. The Bertz CT molecular complexity index is 1190. The maximum Gasteiger partial charge on any atom is 0.300 e. The van der Waals surface area contributed by atoms with Crippen molar-refractivity contribution in [2.75, 3.05) is 12.0 Å². The Morgan fingerprint density at radius 3 is 2.39 bits per heavy atom. The maximum atomic E-state index is 13.9. The molecule has 3 aromatic rings. The highest BCUT2D eigenvalue weighted by Crippen LogP contribution is 2.41. The molecule has 1 N–H and O–H groups in total. The van der Waals surface area contributed by atoms with Crippen molar-refractivity contribution in [3.63, 3.8) is 0 Å². The van der Waals surface area contributed by atoms with Crippen molar-refractivity contribution in [1.82, 2.24) is 4.98 Å². The van der Waals surface area contributed by atoms with Gasteiger partial charge in [0.2, 0.25) is 0 Å². The first-order chi connectivity index (χ1) is 14.9. The molecule has 2 heterocycles. The van der Waals surface area contributed by atoms with Crippen LogP contribution in [0.15, 0.2) is 72.4 Å². The fourth-order valence-corrected chi connectivity index (χ4v) is 3.46. The van der Waals surface area contributed by atoms with E-state index < -0.39 is 35.1 Å². The van der Waals surface area contributed by atoms with Gasteiger partial charge in [-0.1, -0.05) is 6.07 Å². The maximum absolute atomic E-state index is 13.9. The van der Waals surface area contributed by atoms with Crippen molar-refractivity contribution in [2.45, 2.75) is 6.04 Å². The summed E-state index contributed by atoms with van der Waals surface area (Å²) < 4.78 is 32.4. The number of benzene rings is 2. The van der Waals surface area contributed by atoms with Crippen LogP contribution in [0.5, 0.6) is 5.75 Å². The predicted octanol–water partition coefficient (Wildman–Crippen LogP) is 3.99. The SMILES string of the molecule is COc1ccc(/C(O)=C2\C(=O)C(=O)N(c3ccc(F)c(F)c3)C2c2ccccn2)cc1. The normalized spacial score (nSPS) is 17.8. The number of aliphatic hydroxyl groups excluding tert-OH is 1. The molecule has 1 aliphatic heterocycles. The van der Waals surface area contributed by atoms with Crippen LogP contribution in [0, 0.1) is 11.6 Å². The molecule has 2 aromatic carbocycles. The highest BCUT2D eigenvalue weighted by Gasteiger charge is 2.47. The van der Waals surface area contributed by atoms with E-state index in [0.29, 0.717) is 5.75 Å². The van der Waals surface area contributed by atoms with Crippen molar-refractivity contribution < 1.29 is 28.2 Å². The highest BCUT2D eigenvalue weighted by molar-refractivity contribution is 6.51. The van der Waals surface area contributed by atoms with Gasteiger partial charge in [0.15, 0.2) is 11.6 Å². The number of anilines is 1. The predicted molar refractivity (Wildman–Crippen MR) is 108 cm³/mol. The smallest absolute Gasteiger partial charge is 0.300 e. The number of ether oxygens (including phenoxy) is 1. The Hall–Kier alpha value is -4.07. The third-order valence-corrected chi connectivity index (χ3v) is 4.96. The minimum absolute atomic E-state index is 0.0366. The molecule has 1 aliphatic rings.